The Hall–Kier alpha value is -1.24. The summed E-state index contributed by atoms with van der Waals surface area (Å²) in [6.07, 6.45) is 0. The number of amides is 1. The highest BCUT2D eigenvalue weighted by atomic mass is 35.5. The first-order valence-corrected chi connectivity index (χ1v) is 7.46. The monoisotopic (exact) mass is 329 g/mol. The van der Waals surface area contributed by atoms with Gasteiger partial charge in [0.1, 0.15) is 5.82 Å². The van der Waals surface area contributed by atoms with Crippen molar-refractivity contribution in [1.82, 2.24) is 9.80 Å². The van der Waals surface area contributed by atoms with Crippen LogP contribution in [-0.4, -0.2) is 52.9 Å². The van der Waals surface area contributed by atoms with Gasteiger partial charge in [0, 0.05) is 31.7 Å². The molecule has 1 aromatic carbocycles. The molecular weight excluding hydrogens is 313 g/mol. The number of thiocarbonyl (C=S) groups is 1. The largest absolute Gasteiger partial charge is 0.392 e. The lowest BCUT2D eigenvalue weighted by Crippen LogP contribution is -2.53. The highest BCUT2D eigenvalue weighted by molar-refractivity contribution is 7.80. The summed E-state index contributed by atoms with van der Waals surface area (Å²) in [5, 5.41) is 0.0154. The summed E-state index contributed by atoms with van der Waals surface area (Å²) >= 11 is 10.6. The fourth-order valence-electron chi connectivity index (χ4n) is 2.30. The third kappa shape index (κ3) is 3.70. The minimum absolute atomic E-state index is 0.0154. The van der Waals surface area contributed by atoms with E-state index in [1.165, 1.54) is 18.2 Å². The van der Waals surface area contributed by atoms with Gasteiger partial charge in [-0.2, -0.15) is 0 Å². The lowest BCUT2D eigenvalue weighted by Gasteiger charge is -2.37. The highest BCUT2D eigenvalue weighted by Crippen LogP contribution is 2.17. The van der Waals surface area contributed by atoms with Crippen molar-refractivity contribution >= 4 is 34.7 Å². The molecule has 1 heterocycles. The van der Waals surface area contributed by atoms with Crippen LogP contribution < -0.4 is 5.73 Å². The number of nitrogens with zero attached hydrogens (tertiary/aromatic N) is 2. The van der Waals surface area contributed by atoms with E-state index in [2.05, 4.69) is 4.90 Å². The van der Waals surface area contributed by atoms with E-state index in [1.54, 1.807) is 4.90 Å². The van der Waals surface area contributed by atoms with E-state index in [-0.39, 0.29) is 17.0 Å². The molecule has 1 atom stereocenters. The summed E-state index contributed by atoms with van der Waals surface area (Å²) in [6, 6.07) is 4.13. The zero-order valence-corrected chi connectivity index (χ0v) is 13.3. The minimum Gasteiger partial charge on any atom is -0.392 e. The Bertz CT molecular complexity index is 561. The summed E-state index contributed by atoms with van der Waals surface area (Å²) in [6.45, 7) is 4.47. The number of nitrogens with two attached hydrogens (primary N) is 1. The fourth-order valence-corrected chi connectivity index (χ4v) is 2.57. The number of hydrogen-bond acceptors (Lipinski definition) is 3. The van der Waals surface area contributed by atoms with E-state index in [0.29, 0.717) is 36.7 Å². The standard InChI is InChI=1S/C14H17ClFN3OS/c1-9(13(17)21)18-4-6-19(7-5-18)14(20)10-2-3-11(15)12(16)8-10/h2-3,8-9H,4-7H2,1H3,(H2,17,21). The molecule has 114 valence electrons. The number of piperazine rings is 1. The van der Waals surface area contributed by atoms with Gasteiger partial charge in [0.15, 0.2) is 0 Å². The van der Waals surface area contributed by atoms with Crippen molar-refractivity contribution in [2.75, 3.05) is 26.2 Å². The number of benzene rings is 1. The summed E-state index contributed by atoms with van der Waals surface area (Å²) in [4.78, 5) is 16.6. The molecule has 21 heavy (non-hydrogen) atoms. The lowest BCUT2D eigenvalue weighted by atomic mass is 10.1. The number of halogens is 2. The molecule has 7 heteroatoms. The van der Waals surface area contributed by atoms with E-state index in [9.17, 15) is 9.18 Å². The Morgan fingerprint density at radius 3 is 2.52 bits per heavy atom. The average Bonchev–Trinajstić information content (AvgIpc) is 2.48. The summed E-state index contributed by atoms with van der Waals surface area (Å²) < 4.78 is 13.4. The van der Waals surface area contributed by atoms with Crippen LogP contribution >= 0.6 is 23.8 Å². The van der Waals surface area contributed by atoms with Crippen LogP contribution in [0.5, 0.6) is 0 Å². The van der Waals surface area contributed by atoms with Crippen molar-refractivity contribution in [1.29, 1.82) is 0 Å². The Morgan fingerprint density at radius 2 is 2.00 bits per heavy atom. The van der Waals surface area contributed by atoms with Gasteiger partial charge < -0.3 is 10.6 Å². The molecule has 2 N–H and O–H groups in total. The molecule has 1 aliphatic rings. The molecule has 1 unspecified atom stereocenters. The van der Waals surface area contributed by atoms with Gasteiger partial charge in [0.05, 0.1) is 16.1 Å². The first-order chi connectivity index (χ1) is 9.90. The van der Waals surface area contributed by atoms with E-state index in [1.807, 2.05) is 6.92 Å². The van der Waals surface area contributed by atoms with E-state index in [0.717, 1.165) is 0 Å². The summed E-state index contributed by atoms with van der Waals surface area (Å²) in [7, 11) is 0. The molecular formula is C14H17ClFN3OS. The van der Waals surface area contributed by atoms with Gasteiger partial charge in [-0.05, 0) is 25.1 Å². The second kappa shape index (κ2) is 6.68. The molecule has 0 saturated carbocycles. The molecule has 0 spiro atoms. The van der Waals surface area contributed by atoms with Gasteiger partial charge in [-0.25, -0.2) is 4.39 Å². The number of carbonyl (C=O) groups excluding carboxylic acids is 1. The molecule has 1 aliphatic heterocycles. The van der Waals surface area contributed by atoms with Gasteiger partial charge >= 0.3 is 0 Å². The zero-order chi connectivity index (χ0) is 15.6. The van der Waals surface area contributed by atoms with Crippen LogP contribution in [-0.2, 0) is 0 Å². The maximum absolute atomic E-state index is 13.4. The second-order valence-electron chi connectivity index (χ2n) is 5.04. The van der Waals surface area contributed by atoms with Crippen LogP contribution in [0.25, 0.3) is 0 Å². The Morgan fingerprint density at radius 1 is 1.38 bits per heavy atom. The predicted octanol–water partition coefficient (Wildman–Crippen LogP) is 1.91. The van der Waals surface area contributed by atoms with Gasteiger partial charge in [-0.3, -0.25) is 9.69 Å². The number of hydrogen-bond donors (Lipinski definition) is 1. The van der Waals surface area contributed by atoms with E-state index >= 15 is 0 Å². The molecule has 0 aromatic heterocycles. The molecule has 0 bridgehead atoms. The second-order valence-corrected chi connectivity index (χ2v) is 5.91. The zero-order valence-electron chi connectivity index (χ0n) is 11.7. The Kier molecular flexibility index (Phi) is 5.13. The third-order valence-corrected chi connectivity index (χ3v) is 4.38. The molecule has 1 aromatic rings. The molecule has 1 amide bonds. The predicted molar refractivity (Wildman–Crippen MR) is 85.1 cm³/mol. The van der Waals surface area contributed by atoms with Gasteiger partial charge in [0.25, 0.3) is 5.91 Å². The van der Waals surface area contributed by atoms with Crippen LogP contribution in [0.2, 0.25) is 5.02 Å². The van der Waals surface area contributed by atoms with Crippen LogP contribution in [0.1, 0.15) is 17.3 Å². The number of rotatable bonds is 3. The molecule has 4 nitrogen and oxygen atoms in total. The van der Waals surface area contributed by atoms with Crippen molar-refractivity contribution in [3.8, 4) is 0 Å². The summed E-state index contributed by atoms with van der Waals surface area (Å²) in [5.74, 6) is -0.767. The van der Waals surface area contributed by atoms with E-state index < -0.39 is 5.82 Å². The van der Waals surface area contributed by atoms with Crippen molar-refractivity contribution in [2.24, 2.45) is 5.73 Å². The van der Waals surface area contributed by atoms with Crippen LogP contribution in [0, 0.1) is 5.82 Å². The van der Waals surface area contributed by atoms with Crippen molar-refractivity contribution < 1.29 is 9.18 Å². The molecule has 0 radical (unpaired) electrons. The van der Waals surface area contributed by atoms with Crippen molar-refractivity contribution in [2.45, 2.75) is 13.0 Å². The van der Waals surface area contributed by atoms with E-state index in [4.69, 9.17) is 29.6 Å². The first-order valence-electron chi connectivity index (χ1n) is 6.68. The average molecular weight is 330 g/mol. The van der Waals surface area contributed by atoms with Gasteiger partial charge in [0.2, 0.25) is 0 Å². The fraction of sp³-hybridized carbons (Fsp3) is 0.429. The maximum Gasteiger partial charge on any atom is 0.254 e. The Balaban J connectivity index is 2.00. The SMILES string of the molecule is CC(C(N)=S)N1CCN(C(=O)c2ccc(Cl)c(F)c2)CC1. The molecule has 1 fully saturated rings. The first kappa shape index (κ1) is 16.1. The molecule has 1 saturated heterocycles. The lowest BCUT2D eigenvalue weighted by molar-refractivity contribution is 0.0621. The normalized spacial score (nSPS) is 17.6. The van der Waals surface area contributed by atoms with Crippen molar-refractivity contribution in [3.63, 3.8) is 0 Å². The van der Waals surface area contributed by atoms with Crippen molar-refractivity contribution in [3.05, 3.63) is 34.6 Å². The van der Waals surface area contributed by atoms with Crippen LogP contribution in [0.15, 0.2) is 18.2 Å². The van der Waals surface area contributed by atoms with Gasteiger partial charge in [-0.1, -0.05) is 23.8 Å². The topological polar surface area (TPSA) is 49.6 Å². The molecule has 2 rings (SSSR count). The minimum atomic E-state index is -0.580. The number of carbonyl (C=O) groups is 1. The van der Waals surface area contributed by atoms with Crippen LogP contribution in [0.4, 0.5) is 4.39 Å². The highest BCUT2D eigenvalue weighted by Gasteiger charge is 2.25. The summed E-state index contributed by atoms with van der Waals surface area (Å²) in [5.41, 5.74) is 5.95. The third-order valence-electron chi connectivity index (χ3n) is 3.73. The molecule has 0 aliphatic carbocycles. The maximum atomic E-state index is 13.4. The smallest absolute Gasteiger partial charge is 0.254 e. The quantitative estimate of drug-likeness (QED) is 0.861. The Labute approximate surface area is 133 Å². The van der Waals surface area contributed by atoms with Crippen LogP contribution in [0.3, 0.4) is 0 Å². The van der Waals surface area contributed by atoms with Gasteiger partial charge in [-0.15, -0.1) is 0 Å².